The Balaban J connectivity index is 2.07. The van der Waals surface area contributed by atoms with Crippen molar-refractivity contribution in [2.75, 3.05) is 32.8 Å². The molecule has 37 heavy (non-hydrogen) atoms. The number of carbonyl (C=O) groups is 3. The standard InChI is InChI=1S/C29H47N3O5/c1-8-16-30(17-9-2)24(34)21-22-25(35)31(19-12-11-13-20-33)23(29(22)15-14-28(21,7)37-29)26(36)32(18-10-3)27(4,5)6/h8,10,21-23,33H,1,3,9,11-20H2,2,4-7H3/t21-,22-,23?,28+,29?/m0/s1. The van der Waals surface area contributed by atoms with Gasteiger partial charge in [-0.25, -0.2) is 0 Å². The zero-order valence-corrected chi connectivity index (χ0v) is 23.5. The third-order valence-corrected chi connectivity index (χ3v) is 8.38. The Labute approximate surface area is 222 Å². The van der Waals surface area contributed by atoms with E-state index < -0.39 is 34.6 Å². The molecule has 8 heteroatoms. The van der Waals surface area contributed by atoms with Gasteiger partial charge in [0.2, 0.25) is 17.7 Å². The van der Waals surface area contributed by atoms with E-state index in [-0.39, 0.29) is 24.3 Å². The number of ether oxygens (including phenoxy) is 1. The molecule has 0 aromatic rings. The van der Waals surface area contributed by atoms with Crippen LogP contribution < -0.4 is 0 Å². The van der Waals surface area contributed by atoms with Gasteiger partial charge in [0, 0.05) is 38.3 Å². The summed E-state index contributed by atoms with van der Waals surface area (Å²) in [5, 5.41) is 9.23. The molecule has 1 N–H and O–H groups in total. The molecule has 0 radical (unpaired) electrons. The minimum Gasteiger partial charge on any atom is -0.396 e. The summed E-state index contributed by atoms with van der Waals surface area (Å²) in [6, 6.07) is -0.794. The molecule has 2 bridgehead atoms. The maximum atomic E-state index is 14.3. The first-order valence-electron chi connectivity index (χ1n) is 13.9. The van der Waals surface area contributed by atoms with Crippen LogP contribution in [0.15, 0.2) is 25.3 Å². The maximum absolute atomic E-state index is 14.3. The number of unbranched alkanes of at least 4 members (excludes halogenated alkanes) is 2. The highest BCUT2D eigenvalue weighted by Gasteiger charge is 2.78. The van der Waals surface area contributed by atoms with Gasteiger partial charge >= 0.3 is 0 Å². The molecule has 2 unspecified atom stereocenters. The molecule has 208 valence electrons. The van der Waals surface area contributed by atoms with Crippen molar-refractivity contribution in [3.05, 3.63) is 25.3 Å². The quantitative estimate of drug-likeness (QED) is 0.299. The van der Waals surface area contributed by atoms with Crippen LogP contribution in [0.1, 0.15) is 73.1 Å². The molecule has 0 saturated carbocycles. The van der Waals surface area contributed by atoms with Crippen LogP contribution in [0.4, 0.5) is 0 Å². The number of carbonyl (C=O) groups excluding carboxylic acids is 3. The number of fused-ring (bicyclic) bond motifs is 1. The van der Waals surface area contributed by atoms with Gasteiger partial charge in [0.1, 0.15) is 11.6 Å². The van der Waals surface area contributed by atoms with E-state index in [9.17, 15) is 19.5 Å². The van der Waals surface area contributed by atoms with E-state index in [0.29, 0.717) is 51.9 Å². The fourth-order valence-corrected chi connectivity index (χ4v) is 6.78. The molecule has 3 fully saturated rings. The summed E-state index contributed by atoms with van der Waals surface area (Å²) >= 11 is 0. The minimum absolute atomic E-state index is 0.0868. The molecule has 3 heterocycles. The Bertz CT molecular complexity index is 898. The number of aliphatic hydroxyl groups excluding tert-OH is 1. The fraction of sp³-hybridized carbons (Fsp3) is 0.759. The summed E-state index contributed by atoms with van der Waals surface area (Å²) in [7, 11) is 0. The largest absolute Gasteiger partial charge is 0.396 e. The summed E-state index contributed by atoms with van der Waals surface area (Å²) in [6.07, 6.45) is 7.47. The van der Waals surface area contributed by atoms with Crippen molar-refractivity contribution in [1.29, 1.82) is 0 Å². The van der Waals surface area contributed by atoms with Crippen LogP contribution in [0.5, 0.6) is 0 Å². The number of amides is 3. The normalized spacial score (nSPS) is 30.4. The zero-order chi connectivity index (χ0) is 27.6. The number of aliphatic hydroxyl groups is 1. The molecular formula is C29H47N3O5. The maximum Gasteiger partial charge on any atom is 0.249 e. The van der Waals surface area contributed by atoms with Crippen LogP contribution in [0.3, 0.4) is 0 Å². The Morgan fingerprint density at radius 2 is 1.81 bits per heavy atom. The van der Waals surface area contributed by atoms with Crippen LogP contribution in [0.25, 0.3) is 0 Å². The number of hydrogen-bond donors (Lipinski definition) is 1. The lowest BCUT2D eigenvalue weighted by Gasteiger charge is -2.42. The summed E-state index contributed by atoms with van der Waals surface area (Å²) in [6.45, 7) is 19.4. The van der Waals surface area contributed by atoms with E-state index in [1.807, 2.05) is 34.6 Å². The Morgan fingerprint density at radius 3 is 2.38 bits per heavy atom. The van der Waals surface area contributed by atoms with Crippen molar-refractivity contribution in [3.8, 4) is 0 Å². The predicted octanol–water partition coefficient (Wildman–Crippen LogP) is 3.15. The summed E-state index contributed by atoms with van der Waals surface area (Å²) in [4.78, 5) is 47.7. The first-order chi connectivity index (χ1) is 17.4. The van der Waals surface area contributed by atoms with Crippen LogP contribution in [-0.4, -0.2) is 93.1 Å². The molecule has 1 spiro atoms. The van der Waals surface area contributed by atoms with Crippen molar-refractivity contribution in [1.82, 2.24) is 14.7 Å². The highest BCUT2D eigenvalue weighted by atomic mass is 16.5. The third kappa shape index (κ3) is 5.11. The van der Waals surface area contributed by atoms with E-state index in [1.54, 1.807) is 26.9 Å². The number of hydrogen-bond acceptors (Lipinski definition) is 5. The topological polar surface area (TPSA) is 90.4 Å². The molecule has 8 nitrogen and oxygen atoms in total. The lowest BCUT2D eigenvalue weighted by Crippen LogP contribution is -2.60. The van der Waals surface area contributed by atoms with E-state index in [1.165, 1.54) is 0 Å². The molecular weight excluding hydrogens is 470 g/mol. The van der Waals surface area contributed by atoms with Crippen molar-refractivity contribution in [2.45, 2.75) is 95.9 Å². The second kappa shape index (κ2) is 11.3. The van der Waals surface area contributed by atoms with Gasteiger partial charge in [-0.1, -0.05) is 19.1 Å². The molecule has 0 aromatic carbocycles. The first kappa shape index (κ1) is 29.4. The highest BCUT2D eigenvalue weighted by Crippen LogP contribution is 2.63. The zero-order valence-electron chi connectivity index (χ0n) is 23.5. The average molecular weight is 518 g/mol. The lowest BCUT2D eigenvalue weighted by atomic mass is 9.66. The summed E-state index contributed by atoms with van der Waals surface area (Å²) in [5.41, 5.74) is -2.31. The van der Waals surface area contributed by atoms with E-state index in [0.717, 1.165) is 12.8 Å². The van der Waals surface area contributed by atoms with Gasteiger partial charge in [0.25, 0.3) is 0 Å². The van der Waals surface area contributed by atoms with Crippen molar-refractivity contribution >= 4 is 17.7 Å². The summed E-state index contributed by atoms with van der Waals surface area (Å²) in [5.74, 6) is -1.73. The minimum atomic E-state index is -1.03. The first-order valence-corrected chi connectivity index (χ1v) is 13.9. The molecule has 3 amide bonds. The van der Waals surface area contributed by atoms with Crippen LogP contribution in [0, 0.1) is 11.8 Å². The molecule has 3 saturated heterocycles. The SMILES string of the molecule is C=CCN(CCC)C(=O)[C@@H]1[C@H]2C(=O)N(CCCCCO)C(C(=O)N(CC=C)C(C)(C)C)C23CC[C@@]1(C)O3. The summed E-state index contributed by atoms with van der Waals surface area (Å²) < 4.78 is 6.77. The average Bonchev–Trinajstić information content (AvgIpc) is 3.39. The number of likely N-dealkylation sites (tertiary alicyclic amines) is 1. The van der Waals surface area contributed by atoms with Crippen LogP contribution >= 0.6 is 0 Å². The van der Waals surface area contributed by atoms with Crippen molar-refractivity contribution < 1.29 is 24.2 Å². The predicted molar refractivity (Wildman–Crippen MR) is 144 cm³/mol. The number of nitrogens with zero attached hydrogens (tertiary/aromatic N) is 3. The Morgan fingerprint density at radius 1 is 1.14 bits per heavy atom. The fourth-order valence-electron chi connectivity index (χ4n) is 6.78. The smallest absolute Gasteiger partial charge is 0.249 e. The second-order valence-electron chi connectivity index (χ2n) is 12.0. The molecule has 5 atom stereocenters. The molecule has 3 aliphatic heterocycles. The molecule has 0 aromatic heterocycles. The van der Waals surface area contributed by atoms with E-state index in [2.05, 4.69) is 13.2 Å². The molecule has 3 aliphatic rings. The lowest BCUT2D eigenvalue weighted by molar-refractivity contribution is -0.156. The van der Waals surface area contributed by atoms with Gasteiger partial charge in [-0.3, -0.25) is 14.4 Å². The van der Waals surface area contributed by atoms with Crippen LogP contribution in [-0.2, 0) is 19.1 Å². The van der Waals surface area contributed by atoms with Crippen molar-refractivity contribution in [3.63, 3.8) is 0 Å². The number of rotatable bonds is 13. The van der Waals surface area contributed by atoms with Gasteiger partial charge in [-0.2, -0.15) is 0 Å². The van der Waals surface area contributed by atoms with Gasteiger partial charge in [0.15, 0.2) is 0 Å². The van der Waals surface area contributed by atoms with Crippen molar-refractivity contribution in [2.24, 2.45) is 11.8 Å². The molecule has 3 rings (SSSR count). The third-order valence-electron chi connectivity index (χ3n) is 8.38. The monoisotopic (exact) mass is 517 g/mol. The van der Waals surface area contributed by atoms with Crippen LogP contribution in [0.2, 0.25) is 0 Å². The Hall–Kier alpha value is -2.19. The van der Waals surface area contributed by atoms with Gasteiger partial charge in [-0.05, 0) is 66.2 Å². The highest BCUT2D eigenvalue weighted by molar-refractivity contribution is 5.99. The van der Waals surface area contributed by atoms with Gasteiger partial charge in [0.05, 0.1) is 17.4 Å². The second-order valence-corrected chi connectivity index (χ2v) is 12.0. The van der Waals surface area contributed by atoms with E-state index in [4.69, 9.17) is 4.74 Å². The van der Waals surface area contributed by atoms with E-state index >= 15 is 0 Å². The van der Waals surface area contributed by atoms with Gasteiger partial charge < -0.3 is 24.5 Å². The molecule has 0 aliphatic carbocycles. The Kier molecular flexibility index (Phi) is 8.95. The van der Waals surface area contributed by atoms with Gasteiger partial charge in [-0.15, -0.1) is 13.2 Å².